The van der Waals surface area contributed by atoms with Crippen molar-refractivity contribution in [1.29, 1.82) is 10.5 Å². The fourth-order valence-corrected chi connectivity index (χ4v) is 5.11. The first-order valence-electron chi connectivity index (χ1n) is 10.5. The standard InChI is InChI=1S/C23H19F5N4O3S/c24-16-5-6-17(18(25)9-16)20(23(26,27)28)31-19(21(33)32-22(13-30)7-8-22)12-36(34,35)11-15-4-2-1-3-14(15)10-29/h1-6,9,19-20,31H,7-8,11-12H2,(H,32,33)/t19-,20-/m0/s1. The molecule has 0 unspecified atom stereocenters. The summed E-state index contributed by atoms with van der Waals surface area (Å²) in [5.74, 6) is -5.80. The molecule has 1 aliphatic rings. The molecule has 2 N–H and O–H groups in total. The van der Waals surface area contributed by atoms with Crippen LogP contribution >= 0.6 is 0 Å². The van der Waals surface area contributed by atoms with Gasteiger partial charge in [0, 0.05) is 11.6 Å². The number of hydrogen-bond donors (Lipinski definition) is 2. The van der Waals surface area contributed by atoms with Gasteiger partial charge in [0.25, 0.3) is 0 Å². The molecule has 2 aromatic carbocycles. The summed E-state index contributed by atoms with van der Waals surface area (Å²) in [6, 6.07) is 5.73. The lowest BCUT2D eigenvalue weighted by atomic mass is 10.0. The van der Waals surface area contributed by atoms with Crippen molar-refractivity contribution in [3.63, 3.8) is 0 Å². The summed E-state index contributed by atoms with van der Waals surface area (Å²) in [6.45, 7) is 0. The van der Waals surface area contributed by atoms with Crippen LogP contribution in [-0.2, 0) is 20.4 Å². The Labute approximate surface area is 203 Å². The molecule has 0 bridgehead atoms. The maximum atomic E-state index is 14.3. The molecule has 0 saturated heterocycles. The Morgan fingerprint density at radius 3 is 2.33 bits per heavy atom. The number of carbonyl (C=O) groups excluding carboxylic acids is 1. The lowest BCUT2D eigenvalue weighted by molar-refractivity contribution is -0.161. The van der Waals surface area contributed by atoms with E-state index in [0.717, 1.165) is 0 Å². The van der Waals surface area contributed by atoms with Crippen LogP contribution in [0, 0.1) is 34.3 Å². The Morgan fingerprint density at radius 2 is 1.78 bits per heavy atom. The van der Waals surface area contributed by atoms with Gasteiger partial charge in [0.1, 0.15) is 29.3 Å². The van der Waals surface area contributed by atoms with Gasteiger partial charge in [-0.05, 0) is 30.5 Å². The number of nitriles is 2. The van der Waals surface area contributed by atoms with Gasteiger partial charge < -0.3 is 5.32 Å². The number of sulfone groups is 1. The van der Waals surface area contributed by atoms with Gasteiger partial charge in [-0.25, -0.2) is 17.2 Å². The lowest BCUT2D eigenvalue weighted by Gasteiger charge is -2.28. The molecule has 0 heterocycles. The number of nitrogens with zero attached hydrogens (tertiary/aromatic N) is 2. The Hall–Kier alpha value is -3.55. The largest absolute Gasteiger partial charge is 0.408 e. The highest BCUT2D eigenvalue weighted by Gasteiger charge is 2.48. The highest BCUT2D eigenvalue weighted by atomic mass is 32.2. The summed E-state index contributed by atoms with van der Waals surface area (Å²) in [7, 11) is -4.32. The second-order valence-corrected chi connectivity index (χ2v) is 10.5. The van der Waals surface area contributed by atoms with Crippen molar-refractivity contribution < 1.29 is 35.2 Å². The van der Waals surface area contributed by atoms with Crippen LogP contribution in [0.25, 0.3) is 0 Å². The number of benzene rings is 2. The first-order valence-corrected chi connectivity index (χ1v) is 12.3. The highest BCUT2D eigenvalue weighted by Crippen LogP contribution is 2.36. The summed E-state index contributed by atoms with van der Waals surface area (Å²) in [5.41, 5.74) is -2.27. The van der Waals surface area contributed by atoms with Crippen molar-refractivity contribution >= 4 is 15.7 Å². The van der Waals surface area contributed by atoms with Gasteiger partial charge in [-0.1, -0.05) is 24.3 Å². The normalized spacial score (nSPS) is 16.3. The third kappa shape index (κ3) is 6.56. The third-order valence-corrected chi connectivity index (χ3v) is 7.14. The van der Waals surface area contributed by atoms with Crippen molar-refractivity contribution in [3.05, 3.63) is 70.8 Å². The monoisotopic (exact) mass is 526 g/mol. The number of nitrogens with one attached hydrogen (secondary N) is 2. The number of rotatable bonds is 9. The van der Waals surface area contributed by atoms with E-state index >= 15 is 0 Å². The fraction of sp³-hybridized carbons (Fsp3) is 0.348. The number of hydrogen-bond acceptors (Lipinski definition) is 6. The van der Waals surface area contributed by atoms with E-state index in [1.807, 2.05) is 17.5 Å². The zero-order valence-electron chi connectivity index (χ0n) is 18.4. The van der Waals surface area contributed by atoms with E-state index < -0.39 is 68.2 Å². The van der Waals surface area contributed by atoms with Gasteiger partial charge in [0.15, 0.2) is 9.84 Å². The van der Waals surface area contributed by atoms with Crippen molar-refractivity contribution in [3.8, 4) is 12.1 Å². The summed E-state index contributed by atoms with van der Waals surface area (Å²) >= 11 is 0. The molecule has 190 valence electrons. The maximum absolute atomic E-state index is 14.3. The molecule has 13 heteroatoms. The molecule has 1 aliphatic carbocycles. The van der Waals surface area contributed by atoms with Gasteiger partial charge in [-0.3, -0.25) is 10.1 Å². The van der Waals surface area contributed by atoms with Crippen molar-refractivity contribution in [2.45, 2.75) is 42.4 Å². The molecule has 2 aromatic rings. The predicted octanol–water partition coefficient (Wildman–Crippen LogP) is 3.19. The summed E-state index contributed by atoms with van der Waals surface area (Å²) in [6.07, 6.45) is -4.76. The van der Waals surface area contributed by atoms with Crippen LogP contribution in [0.4, 0.5) is 22.0 Å². The van der Waals surface area contributed by atoms with E-state index in [4.69, 9.17) is 0 Å². The average Bonchev–Trinajstić information content (AvgIpc) is 3.56. The average molecular weight is 526 g/mol. The zero-order valence-corrected chi connectivity index (χ0v) is 19.3. The predicted molar refractivity (Wildman–Crippen MR) is 116 cm³/mol. The minimum atomic E-state index is -5.21. The summed E-state index contributed by atoms with van der Waals surface area (Å²) in [5, 5.41) is 22.5. The first kappa shape index (κ1) is 27.0. The van der Waals surface area contributed by atoms with E-state index in [2.05, 4.69) is 5.32 Å². The molecule has 0 radical (unpaired) electrons. The number of halogens is 5. The van der Waals surface area contributed by atoms with Crippen LogP contribution in [0.1, 0.15) is 35.6 Å². The molecule has 1 amide bonds. The minimum absolute atomic E-state index is 0.0259. The molecule has 0 spiro atoms. The Morgan fingerprint density at radius 1 is 1.11 bits per heavy atom. The Kier molecular flexibility index (Phi) is 7.67. The van der Waals surface area contributed by atoms with Crippen molar-refractivity contribution in [2.75, 3.05) is 5.75 Å². The van der Waals surface area contributed by atoms with E-state index in [1.54, 1.807) is 0 Å². The van der Waals surface area contributed by atoms with Crippen LogP contribution in [0.5, 0.6) is 0 Å². The van der Waals surface area contributed by atoms with Gasteiger partial charge in [-0.2, -0.15) is 23.7 Å². The first-order chi connectivity index (χ1) is 16.8. The fourth-order valence-electron chi connectivity index (χ4n) is 3.51. The van der Waals surface area contributed by atoms with Crippen LogP contribution in [0.3, 0.4) is 0 Å². The maximum Gasteiger partial charge on any atom is 0.408 e. The Balaban J connectivity index is 1.96. The molecular weight excluding hydrogens is 507 g/mol. The zero-order chi connectivity index (χ0) is 26.7. The lowest BCUT2D eigenvalue weighted by Crippen LogP contribution is -2.54. The quantitative estimate of drug-likeness (QED) is 0.484. The van der Waals surface area contributed by atoms with Crippen molar-refractivity contribution in [2.24, 2.45) is 0 Å². The van der Waals surface area contributed by atoms with E-state index in [-0.39, 0.29) is 30.0 Å². The molecule has 0 aromatic heterocycles. The van der Waals surface area contributed by atoms with E-state index in [0.29, 0.717) is 12.1 Å². The summed E-state index contributed by atoms with van der Waals surface area (Å²) < 4.78 is 95.1. The highest BCUT2D eigenvalue weighted by molar-refractivity contribution is 7.90. The summed E-state index contributed by atoms with van der Waals surface area (Å²) in [4.78, 5) is 12.9. The molecule has 2 atom stereocenters. The molecule has 0 aliphatic heterocycles. The van der Waals surface area contributed by atoms with Gasteiger partial charge in [0.05, 0.1) is 29.2 Å². The van der Waals surface area contributed by atoms with E-state index in [1.165, 1.54) is 24.3 Å². The SMILES string of the molecule is N#Cc1ccccc1CS(=O)(=O)C[C@H](N[C@@H](c1ccc(F)cc1F)C(F)(F)F)C(=O)NC1(C#N)CC1. The smallest absolute Gasteiger partial charge is 0.336 e. The van der Waals surface area contributed by atoms with Gasteiger partial charge in [-0.15, -0.1) is 0 Å². The van der Waals surface area contributed by atoms with Crippen molar-refractivity contribution in [1.82, 2.24) is 10.6 Å². The van der Waals surface area contributed by atoms with Gasteiger partial charge >= 0.3 is 6.18 Å². The molecule has 3 rings (SSSR count). The van der Waals surface area contributed by atoms with E-state index in [9.17, 15) is 45.7 Å². The second kappa shape index (κ2) is 10.2. The minimum Gasteiger partial charge on any atom is -0.336 e. The molecule has 7 nitrogen and oxygen atoms in total. The molecule has 36 heavy (non-hydrogen) atoms. The second-order valence-electron chi connectivity index (χ2n) is 8.37. The van der Waals surface area contributed by atoms with Crippen LogP contribution < -0.4 is 10.6 Å². The topological polar surface area (TPSA) is 123 Å². The Bertz CT molecular complexity index is 1340. The molecular formula is C23H19F5N4O3S. The van der Waals surface area contributed by atoms with Crippen LogP contribution in [-0.4, -0.2) is 37.8 Å². The number of carbonyl (C=O) groups is 1. The van der Waals surface area contributed by atoms with Crippen LogP contribution in [0.15, 0.2) is 42.5 Å². The molecule has 1 saturated carbocycles. The number of amides is 1. The van der Waals surface area contributed by atoms with Crippen LogP contribution in [0.2, 0.25) is 0 Å². The third-order valence-electron chi connectivity index (χ3n) is 5.55. The van der Waals surface area contributed by atoms with Gasteiger partial charge in [0.2, 0.25) is 5.91 Å². The number of alkyl halides is 3. The molecule has 1 fully saturated rings.